The van der Waals surface area contributed by atoms with Crippen molar-refractivity contribution in [3.8, 4) is 0 Å². The maximum Gasteiger partial charge on any atom is 0.311 e. The monoisotopic (exact) mass is 255 g/mol. The van der Waals surface area contributed by atoms with E-state index < -0.39 is 5.41 Å². The first-order valence-corrected chi connectivity index (χ1v) is 6.30. The van der Waals surface area contributed by atoms with Gasteiger partial charge in [0, 0.05) is 12.6 Å². The van der Waals surface area contributed by atoms with Crippen LogP contribution in [0, 0.1) is 5.41 Å². The lowest BCUT2D eigenvalue weighted by atomic mass is 9.97. The Morgan fingerprint density at radius 2 is 1.89 bits per heavy atom. The van der Waals surface area contributed by atoms with E-state index in [4.69, 9.17) is 4.74 Å². The van der Waals surface area contributed by atoms with Gasteiger partial charge in [-0.3, -0.25) is 9.59 Å². The topological polar surface area (TPSA) is 46.6 Å². The summed E-state index contributed by atoms with van der Waals surface area (Å²) in [6.45, 7) is 13.7. The largest absolute Gasteiger partial charge is 0.465 e. The van der Waals surface area contributed by atoms with E-state index in [0.717, 1.165) is 0 Å². The summed E-state index contributed by atoms with van der Waals surface area (Å²) in [7, 11) is 0. The number of ether oxygens (including phenoxy) is 1. The highest BCUT2D eigenvalue weighted by molar-refractivity contribution is 5.87. The highest BCUT2D eigenvalue weighted by Gasteiger charge is 2.23. The van der Waals surface area contributed by atoms with Crippen LogP contribution in [0.2, 0.25) is 0 Å². The molecule has 4 nitrogen and oxygen atoms in total. The molecule has 0 N–H and O–H groups in total. The highest BCUT2D eigenvalue weighted by Crippen LogP contribution is 2.15. The van der Waals surface area contributed by atoms with Gasteiger partial charge in [-0.25, -0.2) is 0 Å². The molecule has 0 saturated heterocycles. The zero-order chi connectivity index (χ0) is 14.3. The SMILES string of the molecule is C=CC(=O)N(CCCOC(=O)C(C)(C)C)C(C)C. The Morgan fingerprint density at radius 3 is 2.28 bits per heavy atom. The third-order valence-corrected chi connectivity index (χ3v) is 2.47. The molecule has 0 aliphatic heterocycles. The van der Waals surface area contributed by atoms with Gasteiger partial charge < -0.3 is 9.64 Å². The van der Waals surface area contributed by atoms with Gasteiger partial charge in [-0.15, -0.1) is 0 Å². The number of hydrogen-bond donors (Lipinski definition) is 0. The predicted molar refractivity (Wildman–Crippen MR) is 72.1 cm³/mol. The number of rotatable bonds is 6. The van der Waals surface area contributed by atoms with Crippen LogP contribution >= 0.6 is 0 Å². The van der Waals surface area contributed by atoms with Gasteiger partial charge in [0.1, 0.15) is 0 Å². The van der Waals surface area contributed by atoms with E-state index in [1.165, 1.54) is 6.08 Å². The van der Waals surface area contributed by atoms with Crippen LogP contribution in [0.4, 0.5) is 0 Å². The molecule has 0 aromatic heterocycles. The van der Waals surface area contributed by atoms with Crippen molar-refractivity contribution in [1.82, 2.24) is 4.90 Å². The Morgan fingerprint density at radius 1 is 1.33 bits per heavy atom. The quantitative estimate of drug-likeness (QED) is 0.416. The van der Waals surface area contributed by atoms with Crippen molar-refractivity contribution in [2.45, 2.75) is 47.1 Å². The molecule has 0 rings (SSSR count). The van der Waals surface area contributed by atoms with Crippen molar-refractivity contribution < 1.29 is 14.3 Å². The molecule has 0 heterocycles. The molecule has 0 bridgehead atoms. The van der Waals surface area contributed by atoms with Crippen molar-refractivity contribution in [2.24, 2.45) is 5.41 Å². The van der Waals surface area contributed by atoms with E-state index in [2.05, 4.69) is 6.58 Å². The fourth-order valence-electron chi connectivity index (χ4n) is 1.36. The molecule has 18 heavy (non-hydrogen) atoms. The predicted octanol–water partition coefficient (Wildman–Crippen LogP) is 2.39. The minimum atomic E-state index is -0.478. The van der Waals surface area contributed by atoms with Gasteiger partial charge in [0.25, 0.3) is 0 Å². The second kappa shape index (κ2) is 7.19. The molecule has 4 heteroatoms. The average molecular weight is 255 g/mol. The summed E-state index contributed by atoms with van der Waals surface area (Å²) in [4.78, 5) is 24.8. The molecule has 1 amide bonds. The summed E-state index contributed by atoms with van der Waals surface area (Å²) in [5.41, 5.74) is -0.478. The standard InChI is InChI=1S/C14H25NO3/c1-7-12(16)15(11(2)3)9-8-10-18-13(17)14(4,5)6/h7,11H,1,8-10H2,2-6H3. The van der Waals surface area contributed by atoms with E-state index >= 15 is 0 Å². The fourth-order valence-corrected chi connectivity index (χ4v) is 1.36. The van der Waals surface area contributed by atoms with Crippen LogP contribution in [0.3, 0.4) is 0 Å². The van der Waals surface area contributed by atoms with Gasteiger partial charge in [0.2, 0.25) is 5.91 Å². The van der Waals surface area contributed by atoms with Crippen molar-refractivity contribution in [3.05, 3.63) is 12.7 Å². The summed E-state index contributed by atoms with van der Waals surface area (Å²) in [6.07, 6.45) is 1.95. The van der Waals surface area contributed by atoms with Gasteiger partial charge >= 0.3 is 5.97 Å². The van der Waals surface area contributed by atoms with Crippen LogP contribution in [-0.4, -0.2) is 36.0 Å². The number of hydrogen-bond acceptors (Lipinski definition) is 3. The molecular formula is C14H25NO3. The number of amides is 1. The Kier molecular flexibility index (Phi) is 6.66. The fraction of sp³-hybridized carbons (Fsp3) is 0.714. The van der Waals surface area contributed by atoms with Crippen LogP contribution < -0.4 is 0 Å². The second-order valence-corrected chi connectivity index (χ2v) is 5.57. The molecule has 0 aromatic rings. The van der Waals surface area contributed by atoms with Crippen LogP contribution in [-0.2, 0) is 14.3 Å². The van der Waals surface area contributed by atoms with E-state index in [9.17, 15) is 9.59 Å². The average Bonchev–Trinajstić information content (AvgIpc) is 2.25. The van der Waals surface area contributed by atoms with Crippen LogP contribution in [0.1, 0.15) is 41.0 Å². The maximum absolute atomic E-state index is 11.5. The molecule has 0 fully saturated rings. The van der Waals surface area contributed by atoms with Crippen LogP contribution in [0.25, 0.3) is 0 Å². The summed E-state index contributed by atoms with van der Waals surface area (Å²) in [5, 5.41) is 0. The first kappa shape index (κ1) is 16.7. The maximum atomic E-state index is 11.5. The highest BCUT2D eigenvalue weighted by atomic mass is 16.5. The molecule has 0 saturated carbocycles. The summed E-state index contributed by atoms with van der Waals surface area (Å²) >= 11 is 0. The van der Waals surface area contributed by atoms with Crippen molar-refractivity contribution in [1.29, 1.82) is 0 Å². The van der Waals surface area contributed by atoms with Gasteiger partial charge in [-0.1, -0.05) is 6.58 Å². The Bertz CT molecular complexity index is 303. The summed E-state index contributed by atoms with van der Waals surface area (Å²) < 4.78 is 5.15. The van der Waals surface area contributed by atoms with E-state index in [-0.39, 0.29) is 17.9 Å². The number of esters is 1. The zero-order valence-corrected chi connectivity index (χ0v) is 12.2. The molecule has 0 aromatic carbocycles. The lowest BCUT2D eigenvalue weighted by Crippen LogP contribution is -2.37. The smallest absolute Gasteiger partial charge is 0.311 e. The number of carbonyl (C=O) groups excluding carboxylic acids is 2. The van der Waals surface area contributed by atoms with E-state index in [0.29, 0.717) is 19.6 Å². The third-order valence-electron chi connectivity index (χ3n) is 2.47. The Balaban J connectivity index is 4.06. The number of carbonyl (C=O) groups is 2. The lowest BCUT2D eigenvalue weighted by molar-refractivity contribution is -0.153. The number of nitrogens with zero attached hydrogens (tertiary/aromatic N) is 1. The first-order valence-electron chi connectivity index (χ1n) is 6.30. The van der Waals surface area contributed by atoms with Crippen LogP contribution in [0.15, 0.2) is 12.7 Å². The Labute approximate surface area is 110 Å². The molecule has 0 spiro atoms. The molecule has 104 valence electrons. The third kappa shape index (κ3) is 5.84. The second-order valence-electron chi connectivity index (χ2n) is 5.57. The molecule has 0 atom stereocenters. The van der Waals surface area contributed by atoms with Gasteiger partial charge in [-0.2, -0.15) is 0 Å². The molecule has 0 unspecified atom stereocenters. The molecule has 0 aliphatic rings. The lowest BCUT2D eigenvalue weighted by Gasteiger charge is -2.25. The first-order chi connectivity index (χ1) is 8.20. The Hall–Kier alpha value is -1.32. The molecule has 0 aliphatic carbocycles. The zero-order valence-electron chi connectivity index (χ0n) is 12.2. The van der Waals surface area contributed by atoms with Crippen molar-refractivity contribution >= 4 is 11.9 Å². The summed E-state index contributed by atoms with van der Waals surface area (Å²) in [6, 6.07) is 0.119. The summed E-state index contributed by atoms with van der Waals surface area (Å²) in [5.74, 6) is -0.305. The van der Waals surface area contributed by atoms with Gasteiger partial charge in [0.05, 0.1) is 12.0 Å². The van der Waals surface area contributed by atoms with E-state index in [1.54, 1.807) is 4.90 Å². The van der Waals surface area contributed by atoms with Gasteiger partial charge in [0.15, 0.2) is 0 Å². The van der Waals surface area contributed by atoms with E-state index in [1.807, 2.05) is 34.6 Å². The van der Waals surface area contributed by atoms with Gasteiger partial charge in [-0.05, 0) is 47.1 Å². The normalized spacial score (nSPS) is 11.2. The molecule has 0 radical (unpaired) electrons. The van der Waals surface area contributed by atoms with Crippen LogP contribution in [0.5, 0.6) is 0 Å². The minimum absolute atomic E-state index is 0.0906. The molecular weight excluding hydrogens is 230 g/mol. The van der Waals surface area contributed by atoms with Crippen molar-refractivity contribution in [2.75, 3.05) is 13.2 Å². The minimum Gasteiger partial charge on any atom is -0.465 e. The van der Waals surface area contributed by atoms with Crippen molar-refractivity contribution in [3.63, 3.8) is 0 Å².